The van der Waals surface area contributed by atoms with Gasteiger partial charge in [-0.3, -0.25) is 4.79 Å². The van der Waals surface area contributed by atoms with Crippen LogP contribution in [0.5, 0.6) is 0 Å². The molecular formula is C22H37N7O. The van der Waals surface area contributed by atoms with Crippen LogP contribution in [0.25, 0.3) is 0 Å². The second-order valence-electron chi connectivity index (χ2n) is 8.94. The van der Waals surface area contributed by atoms with Crippen molar-refractivity contribution in [3.8, 4) is 0 Å². The van der Waals surface area contributed by atoms with Crippen LogP contribution in [-0.4, -0.2) is 57.2 Å². The van der Waals surface area contributed by atoms with E-state index in [2.05, 4.69) is 37.2 Å². The van der Waals surface area contributed by atoms with E-state index in [0.29, 0.717) is 12.5 Å². The lowest BCUT2D eigenvalue weighted by atomic mass is 9.88. The van der Waals surface area contributed by atoms with Gasteiger partial charge in [-0.15, -0.1) is 10.2 Å². The highest BCUT2D eigenvalue weighted by molar-refractivity contribution is 5.81. The third-order valence-corrected chi connectivity index (χ3v) is 6.70. The molecule has 3 heterocycles. The lowest BCUT2D eigenvalue weighted by Crippen LogP contribution is -2.45. The first-order chi connectivity index (χ1) is 14.7. The molecule has 0 radical (unpaired) electrons. The number of rotatable bonds is 5. The van der Waals surface area contributed by atoms with Crippen molar-refractivity contribution in [1.29, 1.82) is 0 Å². The van der Waals surface area contributed by atoms with Gasteiger partial charge < -0.3 is 20.1 Å². The Morgan fingerprint density at radius 1 is 1.07 bits per heavy atom. The van der Waals surface area contributed by atoms with Crippen LogP contribution in [0, 0.1) is 5.92 Å². The Labute approximate surface area is 179 Å². The number of carbonyl (C=O) groups excluding carboxylic acids is 1. The quantitative estimate of drug-likeness (QED) is 0.569. The molecule has 8 nitrogen and oxygen atoms in total. The number of amides is 1. The highest BCUT2D eigenvalue weighted by atomic mass is 16.2. The second-order valence-corrected chi connectivity index (χ2v) is 8.94. The summed E-state index contributed by atoms with van der Waals surface area (Å²) in [5.41, 5.74) is 0. The molecule has 1 amide bonds. The Bertz CT molecular complexity index is 738. The molecule has 1 saturated heterocycles. The van der Waals surface area contributed by atoms with Crippen molar-refractivity contribution in [3.63, 3.8) is 0 Å². The lowest BCUT2D eigenvalue weighted by molar-refractivity contribution is -0.135. The Kier molecular flexibility index (Phi) is 7.23. The van der Waals surface area contributed by atoms with Crippen molar-refractivity contribution < 1.29 is 4.79 Å². The van der Waals surface area contributed by atoms with E-state index in [1.807, 2.05) is 0 Å². The summed E-state index contributed by atoms with van der Waals surface area (Å²) in [6.45, 7) is 6.04. The third kappa shape index (κ3) is 5.13. The van der Waals surface area contributed by atoms with Crippen LogP contribution in [0.2, 0.25) is 0 Å². The zero-order valence-electron chi connectivity index (χ0n) is 18.4. The van der Waals surface area contributed by atoms with Gasteiger partial charge in [-0.2, -0.15) is 0 Å². The van der Waals surface area contributed by atoms with Gasteiger partial charge in [0.1, 0.15) is 12.4 Å². The van der Waals surface area contributed by atoms with Gasteiger partial charge in [-0.25, -0.2) is 4.99 Å². The highest BCUT2D eigenvalue weighted by Crippen LogP contribution is 2.26. The summed E-state index contributed by atoms with van der Waals surface area (Å²) in [5.74, 6) is 3.48. The standard InChI is InChI=1S/C22H37N7O/c1-2-23-22(24-15-20-27-26-19-11-7-4-8-13-29(19)20)25-18-12-14-28(16-18)21(30)17-9-5-3-6-10-17/h17-18H,2-16H2,1H3,(H2,23,24,25). The second kappa shape index (κ2) is 10.3. The van der Waals surface area contributed by atoms with Crippen molar-refractivity contribution in [1.82, 2.24) is 30.3 Å². The molecule has 30 heavy (non-hydrogen) atoms. The SMILES string of the molecule is CCNC(=NCc1nnc2n1CCCCC2)NC1CCN(C(=O)C2CCCCC2)C1. The first kappa shape index (κ1) is 21.1. The molecule has 1 unspecified atom stereocenters. The fourth-order valence-electron chi connectivity index (χ4n) is 5.01. The maximum atomic E-state index is 12.8. The van der Waals surface area contributed by atoms with E-state index < -0.39 is 0 Å². The fraction of sp³-hybridized carbons (Fsp3) is 0.818. The topological polar surface area (TPSA) is 87.4 Å². The number of likely N-dealkylation sites (tertiary alicyclic amines) is 1. The normalized spacial score (nSPS) is 23.2. The monoisotopic (exact) mass is 415 g/mol. The van der Waals surface area contributed by atoms with E-state index in [1.54, 1.807) is 0 Å². The molecule has 8 heteroatoms. The molecule has 1 atom stereocenters. The van der Waals surface area contributed by atoms with Crippen LogP contribution in [0.1, 0.15) is 76.4 Å². The van der Waals surface area contributed by atoms with Crippen LogP contribution >= 0.6 is 0 Å². The van der Waals surface area contributed by atoms with Gasteiger partial charge in [-0.05, 0) is 39.0 Å². The molecule has 0 spiro atoms. The van der Waals surface area contributed by atoms with Crippen molar-refractivity contribution in [2.75, 3.05) is 19.6 Å². The van der Waals surface area contributed by atoms with Crippen molar-refractivity contribution in [3.05, 3.63) is 11.6 Å². The zero-order chi connectivity index (χ0) is 20.8. The molecule has 1 aromatic heterocycles. The molecule has 166 valence electrons. The van der Waals surface area contributed by atoms with Crippen LogP contribution in [-0.2, 0) is 24.3 Å². The molecule has 0 bridgehead atoms. The van der Waals surface area contributed by atoms with Crippen LogP contribution in [0.3, 0.4) is 0 Å². The Morgan fingerprint density at radius 3 is 2.73 bits per heavy atom. The number of aliphatic imine (C=N–C) groups is 1. The van der Waals surface area contributed by atoms with Gasteiger partial charge in [0.05, 0.1) is 0 Å². The average molecular weight is 416 g/mol. The van der Waals surface area contributed by atoms with Gasteiger partial charge in [0.2, 0.25) is 5.91 Å². The number of hydrogen-bond acceptors (Lipinski definition) is 4. The molecule has 1 aliphatic carbocycles. The number of hydrogen-bond donors (Lipinski definition) is 2. The third-order valence-electron chi connectivity index (χ3n) is 6.70. The molecular weight excluding hydrogens is 378 g/mol. The molecule has 0 aromatic carbocycles. The number of fused-ring (bicyclic) bond motifs is 1. The average Bonchev–Trinajstić information content (AvgIpc) is 3.32. The van der Waals surface area contributed by atoms with Crippen molar-refractivity contribution >= 4 is 11.9 Å². The summed E-state index contributed by atoms with van der Waals surface area (Å²) in [5, 5.41) is 15.7. The summed E-state index contributed by atoms with van der Waals surface area (Å²) >= 11 is 0. The van der Waals surface area contributed by atoms with Gasteiger partial charge >= 0.3 is 0 Å². The predicted molar refractivity (Wildman–Crippen MR) is 117 cm³/mol. The van der Waals surface area contributed by atoms with Gasteiger partial charge in [-0.1, -0.05) is 25.7 Å². The van der Waals surface area contributed by atoms with Crippen molar-refractivity contribution in [2.24, 2.45) is 10.9 Å². The Morgan fingerprint density at radius 2 is 1.90 bits per heavy atom. The number of nitrogens with zero attached hydrogens (tertiary/aromatic N) is 5. The molecule has 2 N–H and O–H groups in total. The minimum absolute atomic E-state index is 0.252. The summed E-state index contributed by atoms with van der Waals surface area (Å²) in [6, 6.07) is 0.255. The highest BCUT2D eigenvalue weighted by Gasteiger charge is 2.31. The van der Waals surface area contributed by atoms with Gasteiger partial charge in [0.15, 0.2) is 11.8 Å². The van der Waals surface area contributed by atoms with Crippen molar-refractivity contribution in [2.45, 2.75) is 90.3 Å². The molecule has 1 aromatic rings. The number of carbonyl (C=O) groups is 1. The van der Waals surface area contributed by atoms with E-state index in [0.717, 1.165) is 69.5 Å². The van der Waals surface area contributed by atoms with E-state index in [9.17, 15) is 4.79 Å². The Hall–Kier alpha value is -2.12. The van der Waals surface area contributed by atoms with E-state index >= 15 is 0 Å². The lowest BCUT2D eigenvalue weighted by Gasteiger charge is -2.26. The zero-order valence-corrected chi connectivity index (χ0v) is 18.4. The predicted octanol–water partition coefficient (Wildman–Crippen LogP) is 2.24. The molecule has 1 saturated carbocycles. The smallest absolute Gasteiger partial charge is 0.225 e. The van der Waals surface area contributed by atoms with E-state index in [-0.39, 0.29) is 12.0 Å². The summed E-state index contributed by atoms with van der Waals surface area (Å²) < 4.78 is 2.25. The molecule has 2 aliphatic heterocycles. The molecule has 3 aliphatic rings. The first-order valence-corrected chi connectivity index (χ1v) is 12.0. The first-order valence-electron chi connectivity index (χ1n) is 12.0. The number of guanidine groups is 1. The van der Waals surface area contributed by atoms with E-state index in [1.165, 1.54) is 38.5 Å². The number of aryl methyl sites for hydroxylation is 1. The molecule has 2 fully saturated rings. The maximum Gasteiger partial charge on any atom is 0.225 e. The van der Waals surface area contributed by atoms with Gasteiger partial charge in [0, 0.05) is 44.6 Å². The van der Waals surface area contributed by atoms with Gasteiger partial charge in [0.25, 0.3) is 0 Å². The molecule has 4 rings (SSSR count). The minimum atomic E-state index is 0.252. The van der Waals surface area contributed by atoms with Crippen LogP contribution in [0.4, 0.5) is 0 Å². The van der Waals surface area contributed by atoms with Crippen LogP contribution < -0.4 is 10.6 Å². The van der Waals surface area contributed by atoms with Crippen LogP contribution in [0.15, 0.2) is 4.99 Å². The Balaban J connectivity index is 1.33. The summed E-state index contributed by atoms with van der Waals surface area (Å²) in [4.78, 5) is 19.7. The maximum absolute atomic E-state index is 12.8. The summed E-state index contributed by atoms with van der Waals surface area (Å²) in [7, 11) is 0. The number of aromatic nitrogens is 3. The van der Waals surface area contributed by atoms with E-state index in [4.69, 9.17) is 4.99 Å². The number of nitrogens with one attached hydrogen (secondary N) is 2. The summed E-state index contributed by atoms with van der Waals surface area (Å²) in [6.07, 6.45) is 11.5. The minimum Gasteiger partial charge on any atom is -0.357 e. The largest absolute Gasteiger partial charge is 0.357 e. The fourth-order valence-corrected chi connectivity index (χ4v) is 5.01.